The molecule has 1 aliphatic carbocycles. The van der Waals surface area contributed by atoms with Crippen LogP contribution in [0.3, 0.4) is 0 Å². The molecule has 1 heterocycles. The largest absolute Gasteiger partial charge is 0.416 e. The first-order valence-corrected chi connectivity index (χ1v) is 13.1. The molecule has 198 valence electrons. The number of anilines is 2. The summed E-state index contributed by atoms with van der Waals surface area (Å²) in [7, 11) is -0.311. The first-order chi connectivity index (χ1) is 17.4. The minimum absolute atomic E-state index is 0.0592. The molecule has 1 aromatic heterocycles. The quantitative estimate of drug-likeness (QED) is 0.407. The number of alkyl halides is 3. The standard InChI is InChI=1S/C25H27F4N5O2S/c1-34(2)23-13-17(16-4-3-5-18(12-16)25(27,28)29)6-8-22(23)32-21-9-7-19(14-20(21)26)37(35,36)33-24-10-11-30-15-31-24/h3-5,7,9-12,14-15,17,22-23,32H,6,8,13H2,1-2H3,(H,30,31,33)/t17-,22-,23-/m0/s1. The number of benzene rings is 2. The van der Waals surface area contributed by atoms with Crippen molar-refractivity contribution in [3.8, 4) is 0 Å². The van der Waals surface area contributed by atoms with Gasteiger partial charge in [-0.1, -0.05) is 18.2 Å². The molecule has 0 amide bonds. The molecule has 0 spiro atoms. The molecule has 2 aromatic carbocycles. The lowest BCUT2D eigenvalue weighted by atomic mass is 9.78. The summed E-state index contributed by atoms with van der Waals surface area (Å²) in [5.41, 5.74) is 0.116. The van der Waals surface area contributed by atoms with E-state index in [-0.39, 0.29) is 34.4 Å². The van der Waals surface area contributed by atoms with Crippen molar-refractivity contribution in [3.05, 3.63) is 78.0 Å². The van der Waals surface area contributed by atoms with Gasteiger partial charge in [0, 0.05) is 18.3 Å². The molecule has 1 saturated carbocycles. The number of nitrogens with one attached hydrogen (secondary N) is 2. The van der Waals surface area contributed by atoms with Gasteiger partial charge in [-0.2, -0.15) is 13.2 Å². The summed E-state index contributed by atoms with van der Waals surface area (Å²) < 4.78 is 82.1. The van der Waals surface area contributed by atoms with Crippen LogP contribution in [0.4, 0.5) is 29.1 Å². The average Bonchev–Trinajstić information content (AvgIpc) is 2.85. The number of hydrogen-bond acceptors (Lipinski definition) is 6. The molecule has 4 rings (SSSR count). The lowest BCUT2D eigenvalue weighted by Gasteiger charge is -2.41. The van der Waals surface area contributed by atoms with Crippen molar-refractivity contribution in [1.82, 2.24) is 14.9 Å². The second kappa shape index (κ2) is 10.6. The zero-order valence-corrected chi connectivity index (χ0v) is 21.0. The van der Waals surface area contributed by atoms with Crippen LogP contribution in [0.1, 0.15) is 36.3 Å². The van der Waals surface area contributed by atoms with Crippen LogP contribution < -0.4 is 10.0 Å². The Morgan fingerprint density at radius 1 is 1.05 bits per heavy atom. The number of halogens is 4. The highest BCUT2D eigenvalue weighted by Gasteiger charge is 2.35. The molecule has 7 nitrogen and oxygen atoms in total. The summed E-state index contributed by atoms with van der Waals surface area (Å²) in [6.45, 7) is 0. The van der Waals surface area contributed by atoms with Gasteiger partial charge in [-0.3, -0.25) is 4.72 Å². The molecule has 0 radical (unpaired) electrons. The number of likely N-dealkylation sites (N-methyl/N-ethyl adjacent to an activating group) is 1. The van der Waals surface area contributed by atoms with E-state index < -0.39 is 27.6 Å². The minimum Gasteiger partial charge on any atom is -0.378 e. The normalized spacial score (nSPS) is 20.6. The molecular formula is C25H27F4N5O2S. The van der Waals surface area contributed by atoms with Gasteiger partial charge in [-0.05, 0) is 75.2 Å². The van der Waals surface area contributed by atoms with Gasteiger partial charge in [0.05, 0.1) is 16.1 Å². The molecule has 0 saturated heterocycles. The van der Waals surface area contributed by atoms with E-state index >= 15 is 0 Å². The van der Waals surface area contributed by atoms with Gasteiger partial charge in [-0.15, -0.1) is 0 Å². The second-order valence-corrected chi connectivity index (χ2v) is 10.9. The van der Waals surface area contributed by atoms with Gasteiger partial charge in [0.1, 0.15) is 18.0 Å². The van der Waals surface area contributed by atoms with E-state index in [1.54, 1.807) is 6.07 Å². The fourth-order valence-electron chi connectivity index (χ4n) is 4.68. The molecular weight excluding hydrogens is 510 g/mol. The third-order valence-electron chi connectivity index (χ3n) is 6.58. The molecule has 1 fully saturated rings. The maximum absolute atomic E-state index is 15.0. The molecule has 1 aliphatic rings. The third kappa shape index (κ3) is 6.37. The molecule has 0 bridgehead atoms. The maximum atomic E-state index is 15.0. The predicted octanol–water partition coefficient (Wildman–Crippen LogP) is 5.11. The van der Waals surface area contributed by atoms with E-state index in [0.717, 1.165) is 12.1 Å². The van der Waals surface area contributed by atoms with Crippen molar-refractivity contribution in [3.63, 3.8) is 0 Å². The summed E-state index contributed by atoms with van der Waals surface area (Å²) in [5, 5.41) is 3.18. The molecule has 3 atom stereocenters. The van der Waals surface area contributed by atoms with E-state index in [2.05, 4.69) is 20.0 Å². The monoisotopic (exact) mass is 537 g/mol. The smallest absolute Gasteiger partial charge is 0.378 e. The Kier molecular flexibility index (Phi) is 7.69. The summed E-state index contributed by atoms with van der Waals surface area (Å²) >= 11 is 0. The van der Waals surface area contributed by atoms with Gasteiger partial charge in [0.15, 0.2) is 0 Å². The maximum Gasteiger partial charge on any atom is 0.416 e. The van der Waals surface area contributed by atoms with E-state index in [9.17, 15) is 26.0 Å². The second-order valence-electron chi connectivity index (χ2n) is 9.26. The summed E-state index contributed by atoms with van der Waals surface area (Å²) in [5.74, 6) is -0.745. The lowest BCUT2D eigenvalue weighted by molar-refractivity contribution is -0.137. The van der Waals surface area contributed by atoms with E-state index in [4.69, 9.17) is 0 Å². The molecule has 2 N–H and O–H groups in total. The van der Waals surface area contributed by atoms with E-state index in [1.807, 2.05) is 19.0 Å². The Morgan fingerprint density at radius 3 is 2.49 bits per heavy atom. The fraction of sp³-hybridized carbons (Fsp3) is 0.360. The van der Waals surface area contributed by atoms with Crippen molar-refractivity contribution in [1.29, 1.82) is 0 Å². The molecule has 37 heavy (non-hydrogen) atoms. The number of nitrogens with zero attached hydrogens (tertiary/aromatic N) is 3. The Morgan fingerprint density at radius 2 is 1.84 bits per heavy atom. The van der Waals surface area contributed by atoms with Crippen LogP contribution in [0.2, 0.25) is 0 Å². The van der Waals surface area contributed by atoms with Gasteiger partial charge >= 0.3 is 6.18 Å². The summed E-state index contributed by atoms with van der Waals surface area (Å²) in [6.07, 6.45) is -0.0331. The first kappa shape index (κ1) is 26.8. The van der Waals surface area contributed by atoms with Gasteiger partial charge in [0.2, 0.25) is 0 Å². The lowest BCUT2D eigenvalue weighted by Crippen LogP contribution is -2.47. The van der Waals surface area contributed by atoms with Crippen molar-refractivity contribution < 1.29 is 26.0 Å². The van der Waals surface area contributed by atoms with Gasteiger partial charge in [-0.25, -0.2) is 22.8 Å². The SMILES string of the molecule is CN(C)[C@H]1C[C@@H](c2cccc(C(F)(F)F)c2)CC[C@@H]1Nc1ccc(S(=O)(=O)Nc2ccncn2)cc1F. The Labute approximate surface area is 213 Å². The molecule has 0 unspecified atom stereocenters. The molecule has 12 heteroatoms. The van der Waals surface area contributed by atoms with Crippen molar-refractivity contribution in [2.75, 3.05) is 24.1 Å². The minimum atomic E-state index is -4.41. The highest BCUT2D eigenvalue weighted by Crippen LogP contribution is 2.38. The fourth-order valence-corrected chi connectivity index (χ4v) is 5.70. The topological polar surface area (TPSA) is 87.2 Å². The van der Waals surface area contributed by atoms with E-state index in [1.165, 1.54) is 42.9 Å². The first-order valence-electron chi connectivity index (χ1n) is 11.6. The van der Waals surface area contributed by atoms with Crippen LogP contribution in [-0.4, -0.2) is 49.5 Å². The number of rotatable bonds is 7. The number of aromatic nitrogens is 2. The summed E-state index contributed by atoms with van der Waals surface area (Å²) in [6, 6.07) is 10.1. The number of sulfonamides is 1. The Hall–Kier alpha value is -3.25. The molecule has 0 aliphatic heterocycles. The van der Waals surface area contributed by atoms with Crippen molar-refractivity contribution in [2.45, 2.75) is 48.3 Å². The summed E-state index contributed by atoms with van der Waals surface area (Å²) in [4.78, 5) is 9.24. The van der Waals surface area contributed by atoms with Crippen molar-refractivity contribution in [2.24, 2.45) is 0 Å². The van der Waals surface area contributed by atoms with Crippen LogP contribution in [0.15, 0.2) is 66.0 Å². The number of hydrogen-bond donors (Lipinski definition) is 2. The predicted molar refractivity (Wildman–Crippen MR) is 132 cm³/mol. The van der Waals surface area contributed by atoms with Crippen LogP contribution in [-0.2, 0) is 16.2 Å². The molecule has 3 aromatic rings. The zero-order valence-electron chi connectivity index (χ0n) is 20.2. The van der Waals surface area contributed by atoms with Crippen LogP contribution in [0.5, 0.6) is 0 Å². The Balaban J connectivity index is 1.48. The zero-order chi connectivity index (χ0) is 26.8. The highest BCUT2D eigenvalue weighted by atomic mass is 32.2. The average molecular weight is 538 g/mol. The van der Waals surface area contributed by atoms with Crippen LogP contribution in [0.25, 0.3) is 0 Å². The van der Waals surface area contributed by atoms with Crippen molar-refractivity contribution >= 4 is 21.5 Å². The highest BCUT2D eigenvalue weighted by molar-refractivity contribution is 7.92. The van der Waals surface area contributed by atoms with Gasteiger partial charge < -0.3 is 10.2 Å². The van der Waals surface area contributed by atoms with Gasteiger partial charge in [0.25, 0.3) is 10.0 Å². The van der Waals surface area contributed by atoms with Crippen LogP contribution in [0, 0.1) is 5.82 Å². The van der Waals surface area contributed by atoms with E-state index in [0.29, 0.717) is 24.8 Å². The Bertz CT molecular complexity index is 1340. The third-order valence-corrected chi connectivity index (χ3v) is 7.93. The van der Waals surface area contributed by atoms with Crippen LogP contribution >= 0.6 is 0 Å².